The zero-order chi connectivity index (χ0) is 18.1. The van der Waals surface area contributed by atoms with Gasteiger partial charge in [-0.3, -0.25) is 0 Å². The Balaban J connectivity index is 2.42. The van der Waals surface area contributed by atoms with Gasteiger partial charge in [-0.2, -0.15) is 0 Å². The summed E-state index contributed by atoms with van der Waals surface area (Å²) in [5, 5.41) is 9.38. The van der Waals surface area contributed by atoms with Gasteiger partial charge in [0.05, 0.1) is 6.61 Å². The Morgan fingerprint density at radius 3 is 2.00 bits per heavy atom. The van der Waals surface area contributed by atoms with Crippen LogP contribution in [0.2, 0.25) is 0 Å². The lowest BCUT2D eigenvalue weighted by Gasteiger charge is -2.39. The summed E-state index contributed by atoms with van der Waals surface area (Å²) in [6.45, 7) is 15.2. The van der Waals surface area contributed by atoms with Crippen molar-refractivity contribution >= 4 is 0 Å². The first-order valence-electron chi connectivity index (χ1n) is 8.55. The highest BCUT2D eigenvalue weighted by Gasteiger charge is 2.35. The average Bonchev–Trinajstić information content (AvgIpc) is 2.45. The molecule has 130 valence electrons. The summed E-state index contributed by atoms with van der Waals surface area (Å²) in [5.74, 6) is 0.909. The molecular formula is C22H30O2. The van der Waals surface area contributed by atoms with E-state index in [2.05, 4.69) is 72.7 Å². The molecule has 0 spiro atoms. The largest absolute Gasteiger partial charge is 0.487 e. The van der Waals surface area contributed by atoms with E-state index in [1.165, 1.54) is 16.7 Å². The number of hydrogen-bond donors (Lipinski definition) is 1. The number of hydrogen-bond acceptors (Lipinski definition) is 2. The van der Waals surface area contributed by atoms with Gasteiger partial charge in [0.1, 0.15) is 11.4 Å². The number of aryl methyl sites for hydroxylation is 2. The fourth-order valence-electron chi connectivity index (χ4n) is 2.71. The van der Waals surface area contributed by atoms with Crippen molar-refractivity contribution in [2.75, 3.05) is 0 Å². The lowest BCUT2D eigenvalue weighted by molar-refractivity contribution is 0.000746. The van der Waals surface area contributed by atoms with Crippen molar-refractivity contribution in [3.63, 3.8) is 0 Å². The third-order valence-electron chi connectivity index (χ3n) is 5.08. The molecule has 0 amide bonds. The van der Waals surface area contributed by atoms with E-state index in [1.54, 1.807) is 0 Å². The highest BCUT2D eigenvalue weighted by atomic mass is 16.5. The van der Waals surface area contributed by atoms with Gasteiger partial charge in [0.15, 0.2) is 0 Å². The van der Waals surface area contributed by atoms with Gasteiger partial charge in [-0.05, 0) is 73.7 Å². The Morgan fingerprint density at radius 2 is 1.50 bits per heavy atom. The molecule has 0 heterocycles. The van der Waals surface area contributed by atoms with Gasteiger partial charge in [0.25, 0.3) is 0 Å². The van der Waals surface area contributed by atoms with Crippen molar-refractivity contribution < 1.29 is 9.84 Å². The second kappa shape index (κ2) is 6.60. The Morgan fingerprint density at radius 1 is 0.917 bits per heavy atom. The summed E-state index contributed by atoms with van der Waals surface area (Å²) < 4.78 is 6.32. The molecule has 1 N–H and O–H groups in total. The molecule has 0 atom stereocenters. The van der Waals surface area contributed by atoms with Gasteiger partial charge in [0, 0.05) is 5.41 Å². The van der Waals surface area contributed by atoms with Crippen molar-refractivity contribution in [1.82, 2.24) is 0 Å². The van der Waals surface area contributed by atoms with Gasteiger partial charge in [-0.25, -0.2) is 0 Å². The highest BCUT2D eigenvalue weighted by molar-refractivity contribution is 5.72. The van der Waals surface area contributed by atoms with Gasteiger partial charge in [-0.15, -0.1) is 0 Å². The zero-order valence-electron chi connectivity index (χ0n) is 16.0. The summed E-state index contributed by atoms with van der Waals surface area (Å²) in [5.41, 5.74) is 5.44. The minimum absolute atomic E-state index is 0.0446. The second-order valence-electron chi connectivity index (χ2n) is 8.15. The van der Waals surface area contributed by atoms with Crippen LogP contribution >= 0.6 is 0 Å². The highest BCUT2D eigenvalue weighted by Crippen LogP contribution is 2.37. The summed E-state index contributed by atoms with van der Waals surface area (Å²) in [7, 11) is 0. The van der Waals surface area contributed by atoms with E-state index < -0.39 is 0 Å². The van der Waals surface area contributed by atoms with Crippen molar-refractivity contribution in [2.45, 2.75) is 60.7 Å². The van der Waals surface area contributed by atoms with Crippen LogP contribution in [0.3, 0.4) is 0 Å². The second-order valence-corrected chi connectivity index (χ2v) is 8.15. The number of aliphatic hydroxyl groups is 1. The van der Waals surface area contributed by atoms with Crippen molar-refractivity contribution in [3.8, 4) is 16.9 Å². The third kappa shape index (κ3) is 3.81. The molecule has 0 saturated carbocycles. The van der Waals surface area contributed by atoms with Gasteiger partial charge in [-0.1, -0.05) is 39.0 Å². The summed E-state index contributed by atoms with van der Waals surface area (Å²) in [6.07, 6.45) is 0. The summed E-state index contributed by atoms with van der Waals surface area (Å²) in [4.78, 5) is 0. The van der Waals surface area contributed by atoms with Crippen LogP contribution in [0.4, 0.5) is 0 Å². The van der Waals surface area contributed by atoms with Crippen molar-refractivity contribution in [1.29, 1.82) is 0 Å². The lowest BCUT2D eigenvalue weighted by atomic mass is 9.79. The van der Waals surface area contributed by atoms with Gasteiger partial charge >= 0.3 is 0 Å². The van der Waals surface area contributed by atoms with Crippen LogP contribution in [-0.4, -0.2) is 10.7 Å². The van der Waals surface area contributed by atoms with Gasteiger partial charge < -0.3 is 9.84 Å². The molecule has 0 aliphatic rings. The molecular weight excluding hydrogens is 296 g/mol. The van der Waals surface area contributed by atoms with E-state index in [1.807, 2.05) is 12.1 Å². The summed E-state index contributed by atoms with van der Waals surface area (Å²) in [6, 6.07) is 12.3. The Kier molecular flexibility index (Phi) is 5.10. The maximum atomic E-state index is 9.38. The van der Waals surface area contributed by atoms with E-state index in [9.17, 15) is 5.11 Å². The first-order chi connectivity index (χ1) is 11.0. The first-order valence-corrected chi connectivity index (χ1v) is 8.55. The number of benzene rings is 2. The smallest absolute Gasteiger partial charge is 0.120 e. The fraction of sp³-hybridized carbons (Fsp3) is 0.455. The number of ether oxygens (including phenoxy) is 1. The van der Waals surface area contributed by atoms with Crippen LogP contribution in [0.25, 0.3) is 11.1 Å². The molecule has 0 saturated heterocycles. The van der Waals surface area contributed by atoms with Gasteiger partial charge in [0.2, 0.25) is 0 Å². The molecule has 2 heteroatoms. The molecule has 2 aromatic carbocycles. The van der Waals surface area contributed by atoms with E-state index in [0.29, 0.717) is 0 Å². The minimum atomic E-state index is -0.260. The van der Waals surface area contributed by atoms with E-state index in [4.69, 9.17) is 4.74 Å². The molecule has 2 nitrogen and oxygen atoms in total. The van der Waals surface area contributed by atoms with Crippen LogP contribution in [-0.2, 0) is 6.61 Å². The van der Waals surface area contributed by atoms with Crippen LogP contribution < -0.4 is 4.74 Å². The topological polar surface area (TPSA) is 29.5 Å². The molecule has 2 aromatic rings. The molecule has 0 aliphatic heterocycles. The minimum Gasteiger partial charge on any atom is -0.487 e. The van der Waals surface area contributed by atoms with Crippen LogP contribution in [0.5, 0.6) is 5.75 Å². The van der Waals surface area contributed by atoms with E-state index in [-0.39, 0.29) is 17.6 Å². The molecule has 24 heavy (non-hydrogen) atoms. The van der Waals surface area contributed by atoms with Crippen molar-refractivity contribution in [3.05, 3.63) is 53.1 Å². The van der Waals surface area contributed by atoms with E-state index >= 15 is 0 Å². The average molecular weight is 326 g/mol. The predicted octanol–water partition coefficient (Wildman–Crippen LogP) is 5.67. The zero-order valence-corrected chi connectivity index (χ0v) is 16.0. The number of aliphatic hydroxyl groups excluding tert-OH is 1. The predicted molar refractivity (Wildman–Crippen MR) is 101 cm³/mol. The van der Waals surface area contributed by atoms with Crippen LogP contribution in [0.1, 0.15) is 51.3 Å². The molecule has 0 unspecified atom stereocenters. The monoisotopic (exact) mass is 326 g/mol. The maximum Gasteiger partial charge on any atom is 0.120 e. The molecule has 0 radical (unpaired) electrons. The first kappa shape index (κ1) is 18.5. The summed E-state index contributed by atoms with van der Waals surface area (Å²) >= 11 is 0. The molecule has 2 rings (SSSR count). The number of rotatable bonds is 4. The van der Waals surface area contributed by atoms with Crippen molar-refractivity contribution in [2.24, 2.45) is 5.41 Å². The quantitative estimate of drug-likeness (QED) is 0.785. The normalized spacial score (nSPS) is 12.3. The Hall–Kier alpha value is -1.80. The van der Waals surface area contributed by atoms with Crippen LogP contribution in [0.15, 0.2) is 36.4 Å². The van der Waals surface area contributed by atoms with E-state index in [0.717, 1.165) is 16.9 Å². The maximum absolute atomic E-state index is 9.38. The van der Waals surface area contributed by atoms with Crippen LogP contribution in [0, 0.1) is 19.3 Å². The Bertz CT molecular complexity index is 698. The third-order valence-corrected chi connectivity index (χ3v) is 5.08. The SMILES string of the molecule is Cc1cc(OC(C)(C)C(C)(C)C)cc(C)c1-c1cccc(CO)c1. The lowest BCUT2D eigenvalue weighted by Crippen LogP contribution is -2.42. The molecule has 0 bridgehead atoms. The molecule has 0 aromatic heterocycles. The molecule has 0 fully saturated rings. The Labute approximate surface area is 146 Å². The standard InChI is InChI=1S/C22H30O2/c1-15-11-19(24-22(6,7)21(3,4)5)12-16(2)20(15)18-10-8-9-17(13-18)14-23/h8-13,23H,14H2,1-7H3. The fourth-order valence-corrected chi connectivity index (χ4v) is 2.71. The molecule has 0 aliphatic carbocycles.